The monoisotopic (exact) mass is 321 g/mol. The van der Waals surface area contributed by atoms with Crippen molar-refractivity contribution in [1.29, 1.82) is 0 Å². The van der Waals surface area contributed by atoms with Crippen LogP contribution in [0.1, 0.15) is 10.4 Å². The first-order chi connectivity index (χ1) is 7.09. The maximum absolute atomic E-state index is 13.4. The highest BCUT2D eigenvalue weighted by atomic mass is 127. The van der Waals surface area contributed by atoms with Crippen molar-refractivity contribution < 1.29 is 14.3 Å². The van der Waals surface area contributed by atoms with Crippen molar-refractivity contribution in [3.05, 3.63) is 33.1 Å². The van der Waals surface area contributed by atoms with Gasteiger partial charge in [0, 0.05) is 16.7 Å². The molecule has 0 radical (unpaired) electrons. The number of halogens is 2. The van der Waals surface area contributed by atoms with E-state index in [1.807, 2.05) is 22.6 Å². The van der Waals surface area contributed by atoms with Crippen molar-refractivity contribution in [3.63, 3.8) is 0 Å². The normalized spacial score (nSPS) is 16.3. The second-order valence-corrected chi connectivity index (χ2v) is 4.62. The van der Waals surface area contributed by atoms with Gasteiger partial charge < -0.3 is 10.0 Å². The lowest BCUT2D eigenvalue weighted by molar-refractivity contribution is 0.00551. The summed E-state index contributed by atoms with van der Waals surface area (Å²) in [7, 11) is 0. The third-order valence-corrected chi connectivity index (χ3v) is 3.23. The first-order valence-electron chi connectivity index (χ1n) is 4.51. The Kier molecular flexibility index (Phi) is 2.92. The zero-order valence-electron chi connectivity index (χ0n) is 7.78. The molecule has 0 bridgehead atoms. The van der Waals surface area contributed by atoms with Gasteiger partial charge in [-0.05, 0) is 34.7 Å². The van der Waals surface area contributed by atoms with Gasteiger partial charge in [-0.1, -0.05) is 6.07 Å². The molecule has 0 spiro atoms. The van der Waals surface area contributed by atoms with Gasteiger partial charge in [-0.25, -0.2) is 4.39 Å². The van der Waals surface area contributed by atoms with Crippen molar-refractivity contribution in [1.82, 2.24) is 4.90 Å². The molecule has 0 saturated carbocycles. The van der Waals surface area contributed by atoms with Gasteiger partial charge in [0.1, 0.15) is 5.82 Å². The Morgan fingerprint density at radius 1 is 1.53 bits per heavy atom. The van der Waals surface area contributed by atoms with Crippen molar-refractivity contribution in [2.45, 2.75) is 6.10 Å². The molecular weight excluding hydrogens is 312 g/mol. The predicted molar refractivity (Wildman–Crippen MR) is 61.0 cm³/mol. The summed E-state index contributed by atoms with van der Waals surface area (Å²) in [6.45, 7) is 0.590. The molecule has 80 valence electrons. The van der Waals surface area contributed by atoms with Gasteiger partial charge in [-0.2, -0.15) is 0 Å². The van der Waals surface area contributed by atoms with E-state index in [1.54, 1.807) is 12.1 Å². The van der Waals surface area contributed by atoms with E-state index in [0.717, 1.165) is 0 Å². The number of rotatable bonds is 1. The molecule has 0 aliphatic carbocycles. The number of carbonyl (C=O) groups is 1. The third kappa shape index (κ3) is 1.98. The van der Waals surface area contributed by atoms with Crippen LogP contribution in [-0.4, -0.2) is 35.1 Å². The SMILES string of the molecule is O=C(c1c(F)cccc1I)N1CC(O)C1. The number of carbonyl (C=O) groups excluding carboxylic acids is 1. The van der Waals surface area contributed by atoms with Crippen LogP contribution in [0.3, 0.4) is 0 Å². The van der Waals surface area contributed by atoms with Crippen LogP contribution < -0.4 is 0 Å². The minimum atomic E-state index is -0.506. The summed E-state index contributed by atoms with van der Waals surface area (Å²) in [4.78, 5) is 13.2. The number of amides is 1. The van der Waals surface area contributed by atoms with E-state index in [0.29, 0.717) is 16.7 Å². The van der Waals surface area contributed by atoms with E-state index in [2.05, 4.69) is 0 Å². The number of nitrogens with zero attached hydrogens (tertiary/aromatic N) is 1. The average molecular weight is 321 g/mol. The lowest BCUT2D eigenvalue weighted by atomic mass is 10.1. The second kappa shape index (κ2) is 4.05. The Morgan fingerprint density at radius 3 is 2.73 bits per heavy atom. The fourth-order valence-corrected chi connectivity index (χ4v) is 2.18. The van der Waals surface area contributed by atoms with E-state index >= 15 is 0 Å². The largest absolute Gasteiger partial charge is 0.389 e. The summed E-state index contributed by atoms with van der Waals surface area (Å²) in [5, 5.41) is 9.06. The molecule has 2 rings (SSSR count). The Hall–Kier alpha value is -0.690. The van der Waals surface area contributed by atoms with E-state index in [9.17, 15) is 9.18 Å². The lowest BCUT2D eigenvalue weighted by Gasteiger charge is -2.36. The van der Waals surface area contributed by atoms with Crippen LogP contribution >= 0.6 is 22.6 Å². The highest BCUT2D eigenvalue weighted by molar-refractivity contribution is 14.1. The number of likely N-dealkylation sites (tertiary alicyclic amines) is 1. The van der Waals surface area contributed by atoms with E-state index in [1.165, 1.54) is 11.0 Å². The van der Waals surface area contributed by atoms with Crippen molar-refractivity contribution >= 4 is 28.5 Å². The molecule has 1 fully saturated rings. The zero-order valence-corrected chi connectivity index (χ0v) is 9.94. The summed E-state index contributed by atoms with van der Waals surface area (Å²) in [6.07, 6.45) is -0.460. The van der Waals surface area contributed by atoms with Crippen LogP contribution in [0.25, 0.3) is 0 Å². The molecule has 1 N–H and O–H groups in total. The number of β-amino-alcohol motifs (C(OH)–C–C–N with tert-alkyl or cyclic N) is 1. The third-order valence-electron chi connectivity index (χ3n) is 2.33. The maximum Gasteiger partial charge on any atom is 0.258 e. The molecule has 15 heavy (non-hydrogen) atoms. The van der Waals surface area contributed by atoms with Gasteiger partial charge in [0.15, 0.2) is 0 Å². The molecule has 0 atom stereocenters. The fourth-order valence-electron chi connectivity index (χ4n) is 1.48. The number of hydrogen-bond donors (Lipinski definition) is 1. The molecule has 5 heteroatoms. The molecule has 0 aromatic heterocycles. The minimum absolute atomic E-state index is 0.102. The van der Waals surface area contributed by atoms with Crippen LogP contribution in [-0.2, 0) is 0 Å². The van der Waals surface area contributed by atoms with Gasteiger partial charge in [0.05, 0.1) is 11.7 Å². The Balaban J connectivity index is 2.26. The van der Waals surface area contributed by atoms with Gasteiger partial charge in [0.2, 0.25) is 0 Å². The van der Waals surface area contributed by atoms with Crippen LogP contribution in [0.5, 0.6) is 0 Å². The first kappa shape index (κ1) is 10.8. The van der Waals surface area contributed by atoms with Gasteiger partial charge >= 0.3 is 0 Å². The molecule has 3 nitrogen and oxygen atoms in total. The van der Waals surface area contributed by atoms with Crippen molar-refractivity contribution in [2.24, 2.45) is 0 Å². The van der Waals surface area contributed by atoms with Crippen molar-refractivity contribution in [2.75, 3.05) is 13.1 Å². The minimum Gasteiger partial charge on any atom is -0.389 e. The number of benzene rings is 1. The molecule has 1 amide bonds. The van der Waals surface area contributed by atoms with Crippen LogP contribution in [0.4, 0.5) is 4.39 Å². The molecule has 1 saturated heterocycles. The summed E-state index contributed by atoms with van der Waals surface area (Å²) in [6, 6.07) is 4.53. The van der Waals surface area contributed by atoms with Gasteiger partial charge in [-0.3, -0.25) is 4.79 Å². The predicted octanol–water partition coefficient (Wildman–Crippen LogP) is 1.25. The summed E-state index contributed by atoms with van der Waals surface area (Å²) in [5.41, 5.74) is 0.102. The van der Waals surface area contributed by atoms with E-state index < -0.39 is 11.9 Å². The Labute approximate surface area is 100 Å². The summed E-state index contributed by atoms with van der Waals surface area (Å²) in [5.74, 6) is -0.851. The number of aliphatic hydroxyl groups excluding tert-OH is 1. The highest BCUT2D eigenvalue weighted by Gasteiger charge is 2.31. The molecule has 0 unspecified atom stereocenters. The highest BCUT2D eigenvalue weighted by Crippen LogP contribution is 2.20. The lowest BCUT2D eigenvalue weighted by Crippen LogP contribution is -2.53. The maximum atomic E-state index is 13.4. The van der Waals surface area contributed by atoms with Gasteiger partial charge in [0.25, 0.3) is 5.91 Å². The summed E-state index contributed by atoms with van der Waals surface area (Å²) < 4.78 is 14.0. The number of aliphatic hydroxyl groups is 1. The topological polar surface area (TPSA) is 40.5 Å². The molecule has 1 aliphatic heterocycles. The van der Waals surface area contributed by atoms with Crippen LogP contribution in [0.2, 0.25) is 0 Å². The average Bonchev–Trinajstić information content (AvgIpc) is 2.12. The number of hydrogen-bond acceptors (Lipinski definition) is 2. The standard InChI is InChI=1S/C10H9FINO2/c11-7-2-1-3-8(12)9(7)10(15)13-4-6(14)5-13/h1-3,6,14H,4-5H2. The Morgan fingerprint density at radius 2 is 2.20 bits per heavy atom. The zero-order chi connectivity index (χ0) is 11.0. The Bertz CT molecular complexity index is 384. The fraction of sp³-hybridized carbons (Fsp3) is 0.300. The molecule has 1 aromatic rings. The first-order valence-corrected chi connectivity index (χ1v) is 5.59. The molecule has 1 aliphatic rings. The van der Waals surface area contributed by atoms with Crippen LogP contribution in [0, 0.1) is 9.39 Å². The van der Waals surface area contributed by atoms with E-state index in [4.69, 9.17) is 5.11 Å². The van der Waals surface area contributed by atoms with Crippen molar-refractivity contribution in [3.8, 4) is 0 Å². The molecule has 1 heterocycles. The quantitative estimate of drug-likeness (QED) is 0.791. The molecule has 1 aromatic carbocycles. The smallest absolute Gasteiger partial charge is 0.258 e. The second-order valence-electron chi connectivity index (χ2n) is 3.46. The summed E-state index contributed by atoms with van der Waals surface area (Å²) >= 11 is 1.93. The molecular formula is C10H9FINO2. The van der Waals surface area contributed by atoms with Gasteiger partial charge in [-0.15, -0.1) is 0 Å². The van der Waals surface area contributed by atoms with Crippen LogP contribution in [0.15, 0.2) is 18.2 Å². The van der Waals surface area contributed by atoms with E-state index in [-0.39, 0.29) is 11.5 Å².